The van der Waals surface area contributed by atoms with E-state index in [2.05, 4.69) is 10.1 Å². The highest BCUT2D eigenvalue weighted by Crippen LogP contribution is 1.91. The molecule has 0 saturated carbocycles. The van der Waals surface area contributed by atoms with Crippen LogP contribution in [0.4, 0.5) is 0 Å². The number of hydrogen-bond donors (Lipinski definition) is 2. The van der Waals surface area contributed by atoms with Crippen LogP contribution in [0.3, 0.4) is 0 Å². The Bertz CT molecular complexity index is 91.7. The van der Waals surface area contributed by atoms with E-state index in [0.717, 1.165) is 5.17 Å². The van der Waals surface area contributed by atoms with Gasteiger partial charge in [-0.2, -0.15) is 0 Å². The molecule has 0 radical (unpaired) electrons. The van der Waals surface area contributed by atoms with Crippen LogP contribution >= 0.6 is 0 Å². The highest BCUT2D eigenvalue weighted by atomic mass is 16.8. The second kappa shape index (κ2) is 1.45. The quantitative estimate of drug-likeness (QED) is 0.360. The van der Waals surface area contributed by atoms with Gasteiger partial charge in [-0.3, -0.25) is 4.94 Å². The van der Waals surface area contributed by atoms with Gasteiger partial charge in [-0.05, 0) is 5.17 Å². The highest BCUT2D eigenvalue weighted by molar-refractivity contribution is 5.63. The first kappa shape index (κ1) is 4.51. The van der Waals surface area contributed by atoms with Gasteiger partial charge in [-0.1, -0.05) is 5.16 Å². The van der Waals surface area contributed by atoms with E-state index in [0.29, 0.717) is 0 Å². The molecule has 7 heavy (non-hydrogen) atoms. The molecule has 1 aliphatic heterocycles. The Balaban J connectivity index is 2.45. The van der Waals surface area contributed by atoms with Crippen LogP contribution in [0.5, 0.6) is 0 Å². The van der Waals surface area contributed by atoms with Gasteiger partial charge in [-0.25, -0.2) is 5.84 Å². The molecule has 0 aromatic heterocycles. The Labute approximate surface area is 40.4 Å². The molecule has 0 saturated heterocycles. The van der Waals surface area contributed by atoms with Crippen LogP contribution in [0.25, 0.3) is 0 Å². The third kappa shape index (κ3) is 0.687. The molecule has 1 aliphatic rings. The number of hydrogen-bond acceptors (Lipinski definition) is 5. The van der Waals surface area contributed by atoms with Crippen molar-refractivity contribution in [3.8, 4) is 0 Å². The zero-order valence-corrected chi connectivity index (χ0v) is 3.61. The number of nitrogens with two attached hydrogens (primary N) is 2. The average Bonchev–Trinajstić information content (AvgIpc) is 1.91. The summed E-state index contributed by atoms with van der Waals surface area (Å²) < 4.78 is 0. The number of hydroxylamine groups is 1. The largest absolute Gasteiger partial charge is 0.307 e. The second-order valence-corrected chi connectivity index (χ2v) is 1.19. The molecular weight excluding hydrogens is 96.0 g/mol. The van der Waals surface area contributed by atoms with Crippen molar-refractivity contribution in [1.82, 2.24) is 5.17 Å². The predicted octanol–water partition coefficient (Wildman–Crippen LogP) is -1.62. The normalized spacial score (nSPS) is 30.9. The first-order valence-electron chi connectivity index (χ1n) is 1.81. The van der Waals surface area contributed by atoms with Gasteiger partial charge in [-0.15, -0.1) is 0 Å². The van der Waals surface area contributed by atoms with E-state index in [9.17, 15) is 0 Å². The SMILES string of the molecule is NC1C=NON1N. The Morgan fingerprint density at radius 1 is 1.86 bits per heavy atom. The summed E-state index contributed by atoms with van der Waals surface area (Å²) in [6.07, 6.45) is 1.01. The van der Waals surface area contributed by atoms with Gasteiger partial charge >= 0.3 is 0 Å². The molecule has 0 fully saturated rings. The van der Waals surface area contributed by atoms with E-state index < -0.39 is 0 Å². The van der Waals surface area contributed by atoms with E-state index in [1.165, 1.54) is 6.21 Å². The van der Waals surface area contributed by atoms with Crippen LogP contribution in [0, 0.1) is 0 Å². The van der Waals surface area contributed by atoms with Crippen LogP contribution in [-0.4, -0.2) is 17.6 Å². The first-order chi connectivity index (χ1) is 3.30. The van der Waals surface area contributed by atoms with E-state index in [-0.39, 0.29) is 6.17 Å². The van der Waals surface area contributed by atoms with Crippen molar-refractivity contribution in [2.75, 3.05) is 0 Å². The Morgan fingerprint density at radius 3 is 2.71 bits per heavy atom. The lowest BCUT2D eigenvalue weighted by molar-refractivity contribution is -0.154. The topological polar surface area (TPSA) is 76.9 Å². The monoisotopic (exact) mass is 102 g/mol. The molecule has 1 heterocycles. The zero-order chi connectivity index (χ0) is 5.28. The summed E-state index contributed by atoms with van der Waals surface area (Å²) in [4.78, 5) is 4.32. The molecule has 5 heteroatoms. The Hall–Kier alpha value is -0.650. The number of nitrogens with zero attached hydrogens (tertiary/aromatic N) is 2. The second-order valence-electron chi connectivity index (χ2n) is 1.19. The first-order valence-corrected chi connectivity index (χ1v) is 1.81. The van der Waals surface area contributed by atoms with Crippen LogP contribution in [0.1, 0.15) is 0 Å². The third-order valence-corrected chi connectivity index (χ3v) is 0.649. The lowest BCUT2D eigenvalue weighted by Crippen LogP contribution is -2.42. The lowest BCUT2D eigenvalue weighted by atomic mass is 10.6. The third-order valence-electron chi connectivity index (χ3n) is 0.649. The standard InChI is InChI=1S/C2H6N4O/c3-2-1-5-7-6(2)4/h1-2H,3-4H2. The fourth-order valence-corrected chi connectivity index (χ4v) is 0.264. The minimum Gasteiger partial charge on any atom is -0.307 e. The molecule has 0 aromatic carbocycles. The minimum atomic E-state index is -0.389. The average molecular weight is 102 g/mol. The summed E-state index contributed by atoms with van der Waals surface area (Å²) in [5, 5.41) is 4.25. The fraction of sp³-hybridized carbons (Fsp3) is 0.500. The van der Waals surface area contributed by atoms with E-state index in [1.807, 2.05) is 0 Å². The highest BCUT2D eigenvalue weighted by Gasteiger charge is 2.13. The molecule has 4 N–H and O–H groups in total. The van der Waals surface area contributed by atoms with Crippen LogP contribution in [0.15, 0.2) is 5.16 Å². The van der Waals surface area contributed by atoms with Crippen molar-refractivity contribution in [2.45, 2.75) is 6.17 Å². The van der Waals surface area contributed by atoms with E-state index in [4.69, 9.17) is 11.6 Å². The van der Waals surface area contributed by atoms with Crippen LogP contribution in [0.2, 0.25) is 0 Å². The maximum atomic E-state index is 5.20. The number of oxime groups is 1. The fourth-order valence-electron chi connectivity index (χ4n) is 0.264. The number of hydrazine groups is 1. The molecule has 5 nitrogen and oxygen atoms in total. The van der Waals surface area contributed by atoms with E-state index in [1.54, 1.807) is 0 Å². The van der Waals surface area contributed by atoms with Gasteiger partial charge in [0.05, 0.1) is 6.21 Å². The van der Waals surface area contributed by atoms with Gasteiger partial charge in [0.25, 0.3) is 0 Å². The van der Waals surface area contributed by atoms with Gasteiger partial charge in [0, 0.05) is 0 Å². The molecule has 1 atom stereocenters. The maximum Gasteiger partial charge on any atom is 0.151 e. The van der Waals surface area contributed by atoms with Crippen molar-refractivity contribution < 1.29 is 4.94 Å². The van der Waals surface area contributed by atoms with Gasteiger partial charge in [0.15, 0.2) is 6.17 Å². The summed E-state index contributed by atoms with van der Waals surface area (Å²) in [6, 6.07) is 0. The van der Waals surface area contributed by atoms with Crippen molar-refractivity contribution >= 4 is 6.21 Å². The van der Waals surface area contributed by atoms with Crippen molar-refractivity contribution in [3.63, 3.8) is 0 Å². The minimum absolute atomic E-state index is 0.389. The van der Waals surface area contributed by atoms with Gasteiger partial charge in [0.2, 0.25) is 0 Å². The molecule has 1 unspecified atom stereocenters. The van der Waals surface area contributed by atoms with Gasteiger partial charge < -0.3 is 5.73 Å². The lowest BCUT2D eigenvalue weighted by Gasteiger charge is -2.06. The van der Waals surface area contributed by atoms with Crippen molar-refractivity contribution in [2.24, 2.45) is 16.7 Å². The van der Waals surface area contributed by atoms with Crippen LogP contribution in [-0.2, 0) is 4.94 Å². The summed E-state index contributed by atoms with van der Waals surface area (Å²) in [5.74, 6) is 5.04. The summed E-state index contributed by atoms with van der Waals surface area (Å²) in [7, 11) is 0. The summed E-state index contributed by atoms with van der Waals surface area (Å²) >= 11 is 0. The molecule has 0 amide bonds. The Kier molecular flexibility index (Phi) is 0.935. The number of rotatable bonds is 0. The molecule has 40 valence electrons. The van der Waals surface area contributed by atoms with E-state index >= 15 is 0 Å². The molecular formula is C2H6N4O. The van der Waals surface area contributed by atoms with Crippen LogP contribution < -0.4 is 11.6 Å². The predicted molar refractivity (Wildman–Crippen MR) is 23.6 cm³/mol. The van der Waals surface area contributed by atoms with Crippen molar-refractivity contribution in [3.05, 3.63) is 0 Å². The molecule has 0 spiro atoms. The zero-order valence-electron chi connectivity index (χ0n) is 3.61. The van der Waals surface area contributed by atoms with Crippen molar-refractivity contribution in [1.29, 1.82) is 0 Å². The maximum absolute atomic E-state index is 5.20. The molecule has 0 aliphatic carbocycles. The summed E-state index contributed by atoms with van der Waals surface area (Å²) in [6.45, 7) is 0. The smallest absolute Gasteiger partial charge is 0.151 e. The van der Waals surface area contributed by atoms with Gasteiger partial charge in [0.1, 0.15) is 0 Å². The Morgan fingerprint density at radius 2 is 2.57 bits per heavy atom. The molecule has 0 bridgehead atoms. The summed E-state index contributed by atoms with van der Waals surface area (Å²) in [5.41, 5.74) is 5.20. The molecule has 0 aromatic rings. The molecule has 1 rings (SSSR count).